The summed E-state index contributed by atoms with van der Waals surface area (Å²) >= 11 is 0. The van der Waals surface area contributed by atoms with Crippen LogP contribution < -0.4 is 10.3 Å². The molecular formula is C23H27FN2O3S. The average molecular weight is 431 g/mol. The van der Waals surface area contributed by atoms with Crippen LogP contribution in [0.4, 0.5) is 10.1 Å². The van der Waals surface area contributed by atoms with Crippen LogP contribution in [-0.2, 0) is 16.4 Å². The van der Waals surface area contributed by atoms with Gasteiger partial charge in [-0.15, -0.1) is 0 Å². The van der Waals surface area contributed by atoms with Gasteiger partial charge >= 0.3 is 0 Å². The molecule has 5 nitrogen and oxygen atoms in total. The molecule has 7 heteroatoms. The number of aryl methyl sites for hydroxylation is 3. The van der Waals surface area contributed by atoms with Gasteiger partial charge < -0.3 is 9.47 Å². The number of benzene rings is 2. The molecule has 2 aromatic carbocycles. The van der Waals surface area contributed by atoms with Gasteiger partial charge in [-0.1, -0.05) is 12.1 Å². The predicted octanol–water partition coefficient (Wildman–Crippen LogP) is 4.46. The monoisotopic (exact) mass is 430 g/mol. The van der Waals surface area contributed by atoms with Crippen LogP contribution >= 0.6 is 0 Å². The third-order valence-electron chi connectivity index (χ3n) is 5.48. The summed E-state index contributed by atoms with van der Waals surface area (Å²) < 4.78 is 43.3. The SMILES string of the molecule is CCN(CC)c1cc2c(cc1F)c(=O)c(S(=O)(=O)c1cc(C)ccc1C)cn2CC. The van der Waals surface area contributed by atoms with Crippen molar-refractivity contribution in [3.8, 4) is 0 Å². The first kappa shape index (κ1) is 22.0. The number of nitrogens with zero attached hydrogens (tertiary/aromatic N) is 2. The summed E-state index contributed by atoms with van der Waals surface area (Å²) in [6.45, 7) is 10.9. The highest BCUT2D eigenvalue weighted by Crippen LogP contribution is 2.28. The summed E-state index contributed by atoms with van der Waals surface area (Å²) in [6, 6.07) is 7.91. The first-order chi connectivity index (χ1) is 14.1. The van der Waals surface area contributed by atoms with Crippen LogP contribution in [0.15, 0.2) is 51.1 Å². The van der Waals surface area contributed by atoms with Gasteiger partial charge in [0.1, 0.15) is 10.7 Å². The number of aromatic nitrogens is 1. The molecule has 0 saturated carbocycles. The number of sulfone groups is 1. The van der Waals surface area contributed by atoms with Gasteiger partial charge in [-0.2, -0.15) is 0 Å². The van der Waals surface area contributed by atoms with Crippen molar-refractivity contribution in [3.05, 3.63) is 63.7 Å². The Hall–Kier alpha value is -2.67. The van der Waals surface area contributed by atoms with E-state index in [9.17, 15) is 17.6 Å². The predicted molar refractivity (Wildman–Crippen MR) is 119 cm³/mol. The minimum atomic E-state index is -4.06. The second-order valence-corrected chi connectivity index (χ2v) is 9.26. The summed E-state index contributed by atoms with van der Waals surface area (Å²) in [4.78, 5) is 14.8. The lowest BCUT2D eigenvalue weighted by atomic mass is 10.1. The standard InChI is InChI=1S/C23H27FN2O3S/c1-6-25(7-2)20-13-19-17(12-18(20)24)23(27)22(14-26(19)8-3)30(28,29)21-11-15(4)9-10-16(21)5/h9-14H,6-8H2,1-5H3. The molecule has 0 bridgehead atoms. The molecule has 0 amide bonds. The van der Waals surface area contributed by atoms with E-state index in [1.165, 1.54) is 12.3 Å². The van der Waals surface area contributed by atoms with E-state index < -0.39 is 21.1 Å². The lowest BCUT2D eigenvalue weighted by Crippen LogP contribution is -2.24. The van der Waals surface area contributed by atoms with Crippen LogP contribution in [0.3, 0.4) is 0 Å². The van der Waals surface area contributed by atoms with E-state index in [0.29, 0.717) is 36.4 Å². The molecule has 1 aromatic heterocycles. The van der Waals surface area contributed by atoms with Crippen molar-refractivity contribution < 1.29 is 12.8 Å². The molecule has 3 rings (SSSR count). The minimum Gasteiger partial charge on any atom is -0.370 e. The highest BCUT2D eigenvalue weighted by molar-refractivity contribution is 7.91. The Morgan fingerprint density at radius 3 is 2.27 bits per heavy atom. The molecule has 0 spiro atoms. The topological polar surface area (TPSA) is 59.4 Å². The molecule has 0 radical (unpaired) electrons. The van der Waals surface area contributed by atoms with Crippen molar-refractivity contribution in [2.75, 3.05) is 18.0 Å². The summed E-state index contributed by atoms with van der Waals surface area (Å²) in [7, 11) is -4.06. The Balaban J connectivity index is 2.36. The number of pyridine rings is 1. The molecule has 0 saturated heterocycles. The number of anilines is 1. The third kappa shape index (κ3) is 3.62. The Labute approximate surface area is 176 Å². The average Bonchev–Trinajstić information content (AvgIpc) is 2.71. The lowest BCUT2D eigenvalue weighted by molar-refractivity contribution is 0.592. The van der Waals surface area contributed by atoms with Gasteiger partial charge in [-0.25, -0.2) is 12.8 Å². The Morgan fingerprint density at radius 2 is 1.67 bits per heavy atom. The van der Waals surface area contributed by atoms with Gasteiger partial charge in [0.2, 0.25) is 15.3 Å². The Kier molecular flexibility index (Phi) is 6.04. The highest BCUT2D eigenvalue weighted by atomic mass is 32.2. The third-order valence-corrected chi connectivity index (χ3v) is 7.37. The van der Waals surface area contributed by atoms with Gasteiger partial charge in [-0.3, -0.25) is 4.79 Å². The smallest absolute Gasteiger partial charge is 0.212 e. The van der Waals surface area contributed by atoms with Crippen molar-refractivity contribution in [2.45, 2.75) is 51.0 Å². The maximum atomic E-state index is 14.9. The molecule has 0 N–H and O–H groups in total. The van der Waals surface area contributed by atoms with Gasteiger partial charge in [0.25, 0.3) is 0 Å². The Morgan fingerprint density at radius 1 is 1.00 bits per heavy atom. The quantitative estimate of drug-likeness (QED) is 0.579. The zero-order valence-corrected chi connectivity index (χ0v) is 18.8. The summed E-state index contributed by atoms with van der Waals surface area (Å²) in [5.74, 6) is -0.535. The number of hydrogen-bond donors (Lipinski definition) is 0. The number of fused-ring (bicyclic) bond motifs is 1. The largest absolute Gasteiger partial charge is 0.370 e. The van der Waals surface area contributed by atoms with Crippen LogP contribution in [0.2, 0.25) is 0 Å². The molecule has 0 fully saturated rings. The molecule has 0 aliphatic rings. The van der Waals surface area contributed by atoms with Crippen LogP contribution in [0.5, 0.6) is 0 Å². The lowest BCUT2D eigenvalue weighted by Gasteiger charge is -2.23. The van der Waals surface area contributed by atoms with Crippen LogP contribution in [0.25, 0.3) is 10.9 Å². The second-order valence-electron chi connectivity index (χ2n) is 7.37. The van der Waals surface area contributed by atoms with E-state index in [0.717, 1.165) is 5.56 Å². The maximum absolute atomic E-state index is 14.9. The van der Waals surface area contributed by atoms with Gasteiger partial charge in [0.15, 0.2) is 0 Å². The van der Waals surface area contributed by atoms with E-state index in [1.54, 1.807) is 36.6 Å². The normalized spacial score (nSPS) is 11.8. The molecule has 30 heavy (non-hydrogen) atoms. The van der Waals surface area contributed by atoms with Gasteiger partial charge in [0, 0.05) is 25.8 Å². The highest BCUT2D eigenvalue weighted by Gasteiger charge is 2.26. The van der Waals surface area contributed by atoms with Crippen LogP contribution in [0, 0.1) is 19.7 Å². The Bertz CT molecular complexity index is 1280. The van der Waals surface area contributed by atoms with Gasteiger partial charge in [-0.05, 0) is 63.9 Å². The first-order valence-corrected chi connectivity index (χ1v) is 11.6. The molecule has 0 atom stereocenters. The second kappa shape index (κ2) is 8.22. The summed E-state index contributed by atoms with van der Waals surface area (Å²) in [5, 5.41) is 0.0663. The zero-order chi connectivity index (χ0) is 22.2. The van der Waals surface area contributed by atoms with E-state index in [2.05, 4.69) is 0 Å². The van der Waals surface area contributed by atoms with Crippen molar-refractivity contribution in [2.24, 2.45) is 0 Å². The summed E-state index contributed by atoms with van der Waals surface area (Å²) in [6.07, 6.45) is 1.38. The number of hydrogen-bond acceptors (Lipinski definition) is 4. The number of halogens is 1. The van der Waals surface area contributed by atoms with Crippen molar-refractivity contribution in [1.29, 1.82) is 0 Å². The fourth-order valence-corrected chi connectivity index (χ4v) is 5.44. The van der Waals surface area contributed by atoms with Gasteiger partial charge in [0.05, 0.1) is 21.5 Å². The maximum Gasteiger partial charge on any atom is 0.212 e. The van der Waals surface area contributed by atoms with Crippen LogP contribution in [0.1, 0.15) is 31.9 Å². The zero-order valence-electron chi connectivity index (χ0n) is 18.0. The molecule has 160 valence electrons. The van der Waals surface area contributed by atoms with Crippen molar-refractivity contribution in [3.63, 3.8) is 0 Å². The van der Waals surface area contributed by atoms with E-state index in [4.69, 9.17) is 0 Å². The number of rotatable bonds is 6. The molecule has 0 unspecified atom stereocenters. The fourth-order valence-electron chi connectivity index (χ4n) is 3.75. The van der Waals surface area contributed by atoms with Crippen LogP contribution in [-0.4, -0.2) is 26.1 Å². The molecule has 3 aromatic rings. The first-order valence-electron chi connectivity index (χ1n) is 10.1. The minimum absolute atomic E-state index is 0.0663. The molecule has 1 heterocycles. The molecule has 0 aliphatic heterocycles. The summed E-state index contributed by atoms with van der Waals surface area (Å²) in [5.41, 5.74) is 1.59. The van der Waals surface area contributed by atoms with E-state index in [1.807, 2.05) is 31.7 Å². The molecular weight excluding hydrogens is 403 g/mol. The van der Waals surface area contributed by atoms with E-state index in [-0.39, 0.29) is 15.2 Å². The van der Waals surface area contributed by atoms with Crippen molar-refractivity contribution in [1.82, 2.24) is 4.57 Å². The molecule has 0 aliphatic carbocycles. The van der Waals surface area contributed by atoms with Crippen molar-refractivity contribution >= 4 is 26.4 Å². The van der Waals surface area contributed by atoms with E-state index >= 15 is 0 Å². The fraction of sp³-hybridized carbons (Fsp3) is 0.348.